The van der Waals surface area contributed by atoms with Crippen LogP contribution in [0.15, 0.2) is 67.0 Å². The molecule has 0 fully saturated rings. The number of hydrogen-bond acceptors (Lipinski definition) is 5. The number of aromatic nitrogens is 2. The summed E-state index contributed by atoms with van der Waals surface area (Å²) in [6.45, 7) is 1.39. The Hall–Kier alpha value is -2.92. The molecule has 1 aromatic carbocycles. The largest absolute Gasteiger partial charge is 0.395 e. The number of aliphatic hydroxyl groups is 1. The maximum Gasteiger partial charge on any atom is 0.128 e. The highest BCUT2D eigenvalue weighted by molar-refractivity contribution is 5.68. The number of aliphatic hydroxyl groups excluding tert-OH is 1. The minimum absolute atomic E-state index is 0.102. The molecule has 0 bridgehead atoms. The fraction of sp³-hybridized carbons (Fsp3) is 0.200. The molecule has 0 saturated heterocycles. The van der Waals surface area contributed by atoms with E-state index in [1.807, 2.05) is 54.4 Å². The first-order valence-electron chi connectivity index (χ1n) is 8.28. The van der Waals surface area contributed by atoms with Crippen molar-refractivity contribution in [2.45, 2.75) is 6.54 Å². The van der Waals surface area contributed by atoms with Crippen LogP contribution in [0.5, 0.6) is 0 Å². The van der Waals surface area contributed by atoms with E-state index in [2.05, 4.69) is 27.4 Å². The highest BCUT2D eigenvalue weighted by Gasteiger charge is 2.06. The predicted octanol–water partition coefficient (Wildman–Crippen LogP) is 3.18. The summed E-state index contributed by atoms with van der Waals surface area (Å²) in [5, 5.41) is 12.4. The molecule has 3 rings (SSSR count). The highest BCUT2D eigenvalue weighted by Crippen LogP contribution is 2.24. The van der Waals surface area contributed by atoms with Crippen LogP contribution in [0.4, 0.5) is 11.6 Å². The first-order chi connectivity index (χ1) is 12.3. The molecule has 3 aromatic rings. The number of pyridine rings is 2. The Bertz CT molecular complexity index is 808. The molecule has 2 N–H and O–H groups in total. The van der Waals surface area contributed by atoms with Crippen LogP contribution in [0.25, 0.3) is 11.1 Å². The van der Waals surface area contributed by atoms with Crippen molar-refractivity contribution < 1.29 is 5.11 Å². The summed E-state index contributed by atoms with van der Waals surface area (Å²) in [7, 11) is 1.92. The van der Waals surface area contributed by atoms with Crippen molar-refractivity contribution in [3.63, 3.8) is 0 Å². The molecule has 128 valence electrons. The van der Waals surface area contributed by atoms with Crippen molar-refractivity contribution in [2.75, 3.05) is 30.4 Å². The number of benzene rings is 1. The molecule has 0 saturated carbocycles. The van der Waals surface area contributed by atoms with Crippen molar-refractivity contribution in [1.29, 1.82) is 0 Å². The normalized spacial score (nSPS) is 10.5. The summed E-state index contributed by atoms with van der Waals surface area (Å²) in [6.07, 6.45) is 3.59. The van der Waals surface area contributed by atoms with Gasteiger partial charge in [0, 0.05) is 32.5 Å². The molecule has 5 nitrogen and oxygen atoms in total. The van der Waals surface area contributed by atoms with E-state index in [1.54, 1.807) is 12.4 Å². The lowest BCUT2D eigenvalue weighted by Crippen LogP contribution is -2.22. The summed E-state index contributed by atoms with van der Waals surface area (Å²) in [6, 6.07) is 18.3. The van der Waals surface area contributed by atoms with Gasteiger partial charge in [-0.2, -0.15) is 0 Å². The highest BCUT2D eigenvalue weighted by atomic mass is 16.3. The summed E-state index contributed by atoms with van der Waals surface area (Å²) in [4.78, 5) is 10.7. The van der Waals surface area contributed by atoms with Crippen LogP contribution in [0, 0.1) is 0 Å². The van der Waals surface area contributed by atoms with Gasteiger partial charge in [0.2, 0.25) is 0 Å². The summed E-state index contributed by atoms with van der Waals surface area (Å²) in [5.74, 6) is 1.67. The van der Waals surface area contributed by atoms with Gasteiger partial charge in [-0.1, -0.05) is 30.3 Å². The van der Waals surface area contributed by atoms with Crippen LogP contribution in [0.3, 0.4) is 0 Å². The third-order valence-electron chi connectivity index (χ3n) is 3.98. The molecule has 0 aliphatic rings. The first kappa shape index (κ1) is 16.9. The lowest BCUT2D eigenvalue weighted by Gasteiger charge is -2.17. The first-order valence-corrected chi connectivity index (χ1v) is 8.28. The van der Waals surface area contributed by atoms with Gasteiger partial charge in [0.25, 0.3) is 0 Å². The topological polar surface area (TPSA) is 61.3 Å². The Labute approximate surface area is 148 Å². The van der Waals surface area contributed by atoms with Gasteiger partial charge < -0.3 is 15.3 Å². The van der Waals surface area contributed by atoms with Gasteiger partial charge in [0.15, 0.2) is 0 Å². The molecule has 2 aromatic heterocycles. The van der Waals surface area contributed by atoms with E-state index in [9.17, 15) is 0 Å². The fourth-order valence-electron chi connectivity index (χ4n) is 2.57. The Morgan fingerprint density at radius 2 is 1.68 bits per heavy atom. The van der Waals surface area contributed by atoms with E-state index in [0.29, 0.717) is 6.54 Å². The van der Waals surface area contributed by atoms with Crippen LogP contribution in [-0.4, -0.2) is 35.3 Å². The van der Waals surface area contributed by atoms with Crippen LogP contribution < -0.4 is 10.2 Å². The second-order valence-corrected chi connectivity index (χ2v) is 5.82. The average Bonchev–Trinajstić information content (AvgIpc) is 2.68. The number of rotatable bonds is 7. The standard InChI is InChI=1S/C20H22N4O/c1-24(11-12-25)20-14-18(8-10-22-20)17-7-9-21-19(13-17)23-15-16-5-3-2-4-6-16/h2-10,13-14,25H,11-12,15H2,1H3,(H,21,23). The zero-order valence-corrected chi connectivity index (χ0v) is 14.3. The van der Waals surface area contributed by atoms with Crippen molar-refractivity contribution in [3.8, 4) is 11.1 Å². The molecule has 0 aliphatic carbocycles. The van der Waals surface area contributed by atoms with Crippen LogP contribution in [0.2, 0.25) is 0 Å². The smallest absolute Gasteiger partial charge is 0.128 e. The summed E-state index contributed by atoms with van der Waals surface area (Å²) in [5.41, 5.74) is 3.36. The summed E-state index contributed by atoms with van der Waals surface area (Å²) < 4.78 is 0. The maximum atomic E-state index is 9.09. The molecule has 0 amide bonds. The van der Waals surface area contributed by atoms with E-state index in [0.717, 1.165) is 29.3 Å². The third kappa shape index (κ3) is 4.55. The van der Waals surface area contributed by atoms with Gasteiger partial charge in [0.1, 0.15) is 11.6 Å². The molecule has 0 spiro atoms. The Morgan fingerprint density at radius 3 is 2.44 bits per heavy atom. The second-order valence-electron chi connectivity index (χ2n) is 5.82. The van der Waals surface area contributed by atoms with Gasteiger partial charge in [-0.3, -0.25) is 0 Å². The van der Waals surface area contributed by atoms with Crippen LogP contribution in [-0.2, 0) is 6.54 Å². The number of nitrogens with one attached hydrogen (secondary N) is 1. The Kier molecular flexibility index (Phi) is 5.59. The zero-order valence-electron chi connectivity index (χ0n) is 14.3. The van der Waals surface area contributed by atoms with E-state index >= 15 is 0 Å². The Balaban J connectivity index is 1.76. The van der Waals surface area contributed by atoms with Crippen LogP contribution in [0.1, 0.15) is 5.56 Å². The van der Waals surface area contributed by atoms with E-state index in [-0.39, 0.29) is 6.61 Å². The average molecular weight is 334 g/mol. The van der Waals surface area contributed by atoms with Gasteiger partial charge in [-0.05, 0) is 41.0 Å². The zero-order chi connectivity index (χ0) is 17.5. The van der Waals surface area contributed by atoms with E-state index in [4.69, 9.17) is 5.11 Å². The van der Waals surface area contributed by atoms with Gasteiger partial charge >= 0.3 is 0 Å². The van der Waals surface area contributed by atoms with Crippen molar-refractivity contribution in [2.24, 2.45) is 0 Å². The quantitative estimate of drug-likeness (QED) is 0.695. The lowest BCUT2D eigenvalue weighted by molar-refractivity contribution is 0.304. The van der Waals surface area contributed by atoms with E-state index in [1.165, 1.54) is 5.56 Å². The molecule has 2 heterocycles. The SMILES string of the molecule is CN(CCO)c1cc(-c2ccnc(NCc3ccccc3)c2)ccn1. The molecular formula is C20H22N4O. The molecular weight excluding hydrogens is 312 g/mol. The third-order valence-corrected chi connectivity index (χ3v) is 3.98. The number of nitrogens with zero attached hydrogens (tertiary/aromatic N) is 3. The van der Waals surface area contributed by atoms with E-state index < -0.39 is 0 Å². The fourth-order valence-corrected chi connectivity index (χ4v) is 2.57. The van der Waals surface area contributed by atoms with Crippen molar-refractivity contribution >= 4 is 11.6 Å². The molecule has 0 aliphatic heterocycles. The molecule has 0 radical (unpaired) electrons. The summed E-state index contributed by atoms with van der Waals surface area (Å²) >= 11 is 0. The minimum atomic E-state index is 0.102. The Morgan fingerprint density at radius 1 is 0.960 bits per heavy atom. The van der Waals surface area contributed by atoms with Crippen molar-refractivity contribution in [1.82, 2.24) is 9.97 Å². The lowest BCUT2D eigenvalue weighted by atomic mass is 10.1. The second kappa shape index (κ2) is 8.26. The number of hydrogen-bond donors (Lipinski definition) is 2. The number of likely N-dealkylation sites (N-methyl/N-ethyl adjacent to an activating group) is 1. The van der Waals surface area contributed by atoms with Crippen LogP contribution >= 0.6 is 0 Å². The molecule has 25 heavy (non-hydrogen) atoms. The van der Waals surface area contributed by atoms with Gasteiger partial charge in [-0.25, -0.2) is 9.97 Å². The predicted molar refractivity (Wildman–Crippen MR) is 102 cm³/mol. The van der Waals surface area contributed by atoms with Gasteiger partial charge in [0.05, 0.1) is 6.61 Å². The monoisotopic (exact) mass is 334 g/mol. The molecule has 0 unspecified atom stereocenters. The van der Waals surface area contributed by atoms with Crippen molar-refractivity contribution in [3.05, 3.63) is 72.6 Å². The van der Waals surface area contributed by atoms with Gasteiger partial charge in [-0.15, -0.1) is 0 Å². The number of anilines is 2. The molecule has 5 heteroatoms. The molecule has 0 atom stereocenters. The minimum Gasteiger partial charge on any atom is -0.395 e. The maximum absolute atomic E-state index is 9.09.